The van der Waals surface area contributed by atoms with E-state index in [4.69, 9.17) is 0 Å². The van der Waals surface area contributed by atoms with Crippen LogP contribution in [0.2, 0.25) is 0 Å². The van der Waals surface area contributed by atoms with Gasteiger partial charge in [-0.05, 0) is 25.9 Å². The summed E-state index contributed by atoms with van der Waals surface area (Å²) >= 11 is 0. The smallest absolute Gasteiger partial charge is 0.224 e. The lowest BCUT2D eigenvalue weighted by atomic mass is 9.98. The zero-order valence-corrected chi connectivity index (χ0v) is 11.5. The summed E-state index contributed by atoms with van der Waals surface area (Å²) in [6, 6.07) is 0. The summed E-state index contributed by atoms with van der Waals surface area (Å²) < 4.78 is 0. The monoisotopic (exact) mass is 255 g/mol. The molecule has 1 aliphatic heterocycles. The van der Waals surface area contributed by atoms with Crippen molar-refractivity contribution in [3.63, 3.8) is 0 Å². The highest BCUT2D eigenvalue weighted by molar-refractivity contribution is 5.83. The van der Waals surface area contributed by atoms with Crippen molar-refractivity contribution in [2.45, 2.75) is 33.1 Å². The van der Waals surface area contributed by atoms with Crippen LogP contribution in [0.5, 0.6) is 0 Å². The third-order valence-corrected chi connectivity index (χ3v) is 3.35. The molecule has 0 aliphatic carbocycles. The molecule has 0 aromatic heterocycles. The molecular formula is C13H25N3O2. The second kappa shape index (κ2) is 8.08. The predicted molar refractivity (Wildman–Crippen MR) is 71.1 cm³/mol. The maximum absolute atomic E-state index is 11.9. The summed E-state index contributed by atoms with van der Waals surface area (Å²) in [5.74, 6) is 0.0747. The van der Waals surface area contributed by atoms with E-state index in [9.17, 15) is 9.59 Å². The normalized spacial score (nSPS) is 19.7. The number of nitrogens with zero attached hydrogens (tertiary/aromatic N) is 1. The first-order valence-electron chi connectivity index (χ1n) is 6.94. The standard InChI is InChI=1S/C13H25N3O2/c1-3-8-16(4-2)9-7-14-13(18)11-5-6-12(17)15-10-11/h11H,3-10H2,1-2H3,(H,14,18)(H,15,17). The van der Waals surface area contributed by atoms with Gasteiger partial charge in [-0.3, -0.25) is 9.59 Å². The van der Waals surface area contributed by atoms with E-state index in [1.165, 1.54) is 0 Å². The van der Waals surface area contributed by atoms with Gasteiger partial charge in [-0.15, -0.1) is 0 Å². The molecule has 0 bridgehead atoms. The van der Waals surface area contributed by atoms with Crippen LogP contribution >= 0.6 is 0 Å². The fourth-order valence-electron chi connectivity index (χ4n) is 2.18. The number of hydrogen-bond acceptors (Lipinski definition) is 3. The second-order valence-electron chi connectivity index (χ2n) is 4.76. The highest BCUT2D eigenvalue weighted by Crippen LogP contribution is 2.10. The number of carbonyl (C=O) groups is 2. The van der Waals surface area contributed by atoms with Gasteiger partial charge in [0, 0.05) is 26.1 Å². The Morgan fingerprint density at radius 1 is 1.44 bits per heavy atom. The molecule has 5 heteroatoms. The molecule has 104 valence electrons. The summed E-state index contributed by atoms with van der Waals surface area (Å²) in [6.07, 6.45) is 2.27. The van der Waals surface area contributed by atoms with Gasteiger partial charge in [0.25, 0.3) is 0 Å². The molecule has 1 rings (SSSR count). The Kier molecular flexibility index (Phi) is 6.72. The molecule has 1 saturated heterocycles. The minimum absolute atomic E-state index is 0.0519. The van der Waals surface area contributed by atoms with E-state index in [2.05, 4.69) is 29.4 Å². The molecule has 0 aromatic carbocycles. The Bertz CT molecular complexity index is 271. The fraction of sp³-hybridized carbons (Fsp3) is 0.846. The maximum Gasteiger partial charge on any atom is 0.224 e. The Labute approximate surface area is 109 Å². The van der Waals surface area contributed by atoms with Gasteiger partial charge in [-0.1, -0.05) is 13.8 Å². The molecule has 0 aromatic rings. The minimum Gasteiger partial charge on any atom is -0.355 e. The Morgan fingerprint density at radius 2 is 2.22 bits per heavy atom. The van der Waals surface area contributed by atoms with Crippen molar-refractivity contribution in [3.8, 4) is 0 Å². The van der Waals surface area contributed by atoms with Gasteiger partial charge in [-0.2, -0.15) is 0 Å². The first-order chi connectivity index (χ1) is 8.67. The van der Waals surface area contributed by atoms with Crippen LogP contribution in [0.3, 0.4) is 0 Å². The van der Waals surface area contributed by atoms with Crippen molar-refractivity contribution >= 4 is 11.8 Å². The van der Waals surface area contributed by atoms with Gasteiger partial charge in [0.1, 0.15) is 0 Å². The van der Waals surface area contributed by atoms with Crippen LogP contribution in [0.25, 0.3) is 0 Å². The van der Waals surface area contributed by atoms with E-state index in [0.717, 1.165) is 26.1 Å². The van der Waals surface area contributed by atoms with Crippen LogP contribution < -0.4 is 10.6 Å². The molecule has 1 aliphatic rings. The third kappa shape index (κ3) is 5.04. The van der Waals surface area contributed by atoms with Crippen LogP contribution in [0.4, 0.5) is 0 Å². The molecule has 1 unspecified atom stereocenters. The van der Waals surface area contributed by atoms with E-state index >= 15 is 0 Å². The number of piperidine rings is 1. The number of amides is 2. The average molecular weight is 255 g/mol. The van der Waals surface area contributed by atoms with E-state index < -0.39 is 0 Å². The maximum atomic E-state index is 11.9. The molecule has 5 nitrogen and oxygen atoms in total. The largest absolute Gasteiger partial charge is 0.355 e. The molecule has 18 heavy (non-hydrogen) atoms. The quantitative estimate of drug-likeness (QED) is 0.690. The Hall–Kier alpha value is -1.10. The Balaban J connectivity index is 2.18. The lowest BCUT2D eigenvalue weighted by Crippen LogP contribution is -2.44. The van der Waals surface area contributed by atoms with Crippen molar-refractivity contribution < 1.29 is 9.59 Å². The molecule has 1 atom stereocenters. The molecule has 2 N–H and O–H groups in total. The Morgan fingerprint density at radius 3 is 2.78 bits per heavy atom. The van der Waals surface area contributed by atoms with Crippen molar-refractivity contribution in [1.29, 1.82) is 0 Å². The van der Waals surface area contributed by atoms with Gasteiger partial charge < -0.3 is 15.5 Å². The number of likely N-dealkylation sites (N-methyl/N-ethyl adjacent to an activating group) is 1. The van der Waals surface area contributed by atoms with Gasteiger partial charge in [-0.25, -0.2) is 0 Å². The summed E-state index contributed by atoms with van der Waals surface area (Å²) in [5, 5.41) is 5.69. The first kappa shape index (κ1) is 15.0. The topological polar surface area (TPSA) is 61.4 Å². The van der Waals surface area contributed by atoms with Gasteiger partial charge in [0.05, 0.1) is 5.92 Å². The number of rotatable bonds is 7. The van der Waals surface area contributed by atoms with Crippen LogP contribution in [0, 0.1) is 5.92 Å². The molecule has 0 spiro atoms. The van der Waals surface area contributed by atoms with Gasteiger partial charge in [0.2, 0.25) is 11.8 Å². The lowest BCUT2D eigenvalue weighted by Gasteiger charge is -2.23. The first-order valence-corrected chi connectivity index (χ1v) is 6.94. The molecular weight excluding hydrogens is 230 g/mol. The number of hydrogen-bond donors (Lipinski definition) is 2. The molecule has 2 amide bonds. The highest BCUT2D eigenvalue weighted by Gasteiger charge is 2.23. The van der Waals surface area contributed by atoms with E-state index in [-0.39, 0.29) is 17.7 Å². The van der Waals surface area contributed by atoms with Gasteiger partial charge >= 0.3 is 0 Å². The fourth-order valence-corrected chi connectivity index (χ4v) is 2.18. The van der Waals surface area contributed by atoms with Crippen molar-refractivity contribution in [1.82, 2.24) is 15.5 Å². The van der Waals surface area contributed by atoms with Crippen LogP contribution in [-0.2, 0) is 9.59 Å². The van der Waals surface area contributed by atoms with E-state index in [0.29, 0.717) is 25.9 Å². The van der Waals surface area contributed by atoms with Crippen LogP contribution in [0.1, 0.15) is 33.1 Å². The predicted octanol–water partition coefficient (Wildman–Crippen LogP) is 0.361. The third-order valence-electron chi connectivity index (χ3n) is 3.35. The lowest BCUT2D eigenvalue weighted by molar-refractivity contribution is -0.128. The molecule has 0 saturated carbocycles. The van der Waals surface area contributed by atoms with E-state index in [1.807, 2.05) is 0 Å². The molecule has 1 heterocycles. The SMILES string of the molecule is CCCN(CC)CCNC(=O)C1CCC(=O)NC1. The zero-order valence-electron chi connectivity index (χ0n) is 11.5. The summed E-state index contributed by atoms with van der Waals surface area (Å²) in [5.41, 5.74) is 0. The minimum atomic E-state index is -0.0519. The van der Waals surface area contributed by atoms with Crippen LogP contribution in [-0.4, -0.2) is 49.4 Å². The van der Waals surface area contributed by atoms with Crippen molar-refractivity contribution in [2.24, 2.45) is 5.92 Å². The van der Waals surface area contributed by atoms with Crippen molar-refractivity contribution in [3.05, 3.63) is 0 Å². The molecule has 1 fully saturated rings. The summed E-state index contributed by atoms with van der Waals surface area (Å²) in [6.45, 7) is 8.46. The summed E-state index contributed by atoms with van der Waals surface area (Å²) in [4.78, 5) is 25.2. The van der Waals surface area contributed by atoms with Gasteiger partial charge in [0.15, 0.2) is 0 Å². The zero-order chi connectivity index (χ0) is 13.4. The second-order valence-corrected chi connectivity index (χ2v) is 4.76. The van der Waals surface area contributed by atoms with Crippen molar-refractivity contribution in [2.75, 3.05) is 32.7 Å². The highest BCUT2D eigenvalue weighted by atomic mass is 16.2. The average Bonchev–Trinajstić information content (AvgIpc) is 2.38. The summed E-state index contributed by atoms with van der Waals surface area (Å²) in [7, 11) is 0. The number of carbonyl (C=O) groups excluding carboxylic acids is 2. The van der Waals surface area contributed by atoms with Crippen LogP contribution in [0.15, 0.2) is 0 Å². The van der Waals surface area contributed by atoms with E-state index in [1.54, 1.807) is 0 Å². The number of nitrogens with one attached hydrogen (secondary N) is 2. The molecule has 0 radical (unpaired) electrons.